The topological polar surface area (TPSA) is 89.9 Å². The van der Waals surface area contributed by atoms with Gasteiger partial charge in [0.05, 0.1) is 19.6 Å². The van der Waals surface area contributed by atoms with E-state index >= 15 is 0 Å². The zero-order chi connectivity index (χ0) is 13.5. The van der Waals surface area contributed by atoms with Gasteiger partial charge >= 0.3 is 11.9 Å². The Morgan fingerprint density at radius 2 is 1.76 bits per heavy atom. The van der Waals surface area contributed by atoms with E-state index in [1.165, 1.54) is 6.92 Å². The van der Waals surface area contributed by atoms with Crippen LogP contribution in [0.5, 0.6) is 0 Å². The van der Waals surface area contributed by atoms with E-state index in [1.807, 2.05) is 0 Å². The predicted octanol–water partition coefficient (Wildman–Crippen LogP) is 0.213. The van der Waals surface area contributed by atoms with Gasteiger partial charge in [-0.25, -0.2) is 4.79 Å². The van der Waals surface area contributed by atoms with Crippen LogP contribution >= 0.6 is 0 Å². The van der Waals surface area contributed by atoms with Gasteiger partial charge in [-0.05, 0) is 20.3 Å². The van der Waals surface area contributed by atoms with E-state index in [-0.39, 0.29) is 13.2 Å². The van der Waals surface area contributed by atoms with Crippen molar-refractivity contribution in [3.8, 4) is 0 Å². The van der Waals surface area contributed by atoms with Gasteiger partial charge in [0.25, 0.3) is 0 Å². The van der Waals surface area contributed by atoms with Gasteiger partial charge in [-0.2, -0.15) is 0 Å². The lowest BCUT2D eigenvalue weighted by Gasteiger charge is -2.21. The van der Waals surface area contributed by atoms with Crippen molar-refractivity contribution in [3.63, 3.8) is 0 Å². The molecule has 17 heavy (non-hydrogen) atoms. The fourth-order valence-corrected chi connectivity index (χ4v) is 1.07. The predicted molar refractivity (Wildman–Crippen MR) is 58.1 cm³/mol. The summed E-state index contributed by atoms with van der Waals surface area (Å²) >= 11 is 0. The summed E-state index contributed by atoms with van der Waals surface area (Å²) in [4.78, 5) is 33.9. The molecule has 0 bridgehead atoms. The Morgan fingerprint density at radius 3 is 2.18 bits per heavy atom. The quantitative estimate of drug-likeness (QED) is 0.510. The van der Waals surface area contributed by atoms with Gasteiger partial charge in [0, 0.05) is 0 Å². The van der Waals surface area contributed by atoms with Crippen LogP contribution in [0.3, 0.4) is 0 Å². The van der Waals surface area contributed by atoms with Crippen LogP contribution < -0.4 is 0 Å². The van der Waals surface area contributed by atoms with Crippen molar-refractivity contribution in [1.29, 1.82) is 0 Å². The summed E-state index contributed by atoms with van der Waals surface area (Å²) in [6.45, 7) is 4.54. The Hall–Kier alpha value is -1.43. The van der Waals surface area contributed by atoms with Crippen molar-refractivity contribution >= 4 is 17.7 Å². The Labute approximate surface area is 99.9 Å². The van der Waals surface area contributed by atoms with Gasteiger partial charge < -0.3 is 14.6 Å². The fourth-order valence-electron chi connectivity index (χ4n) is 1.07. The minimum atomic E-state index is -2.44. The summed E-state index contributed by atoms with van der Waals surface area (Å²) in [6, 6.07) is 0. The zero-order valence-corrected chi connectivity index (χ0v) is 10.3. The molecule has 98 valence electrons. The smallest absolute Gasteiger partial charge is 0.346 e. The monoisotopic (exact) mass is 246 g/mol. The standard InChI is InChI=1S/C11H18O6/c1-4-6-17-9(13)7-11(15,8(3)12)10(14)16-5-2/h15H,4-7H2,1-3H3. The molecule has 6 nitrogen and oxygen atoms in total. The van der Waals surface area contributed by atoms with E-state index in [4.69, 9.17) is 4.74 Å². The molecule has 1 atom stereocenters. The molecule has 0 aliphatic rings. The molecule has 0 fully saturated rings. The first-order valence-electron chi connectivity index (χ1n) is 5.44. The SMILES string of the molecule is CCCOC(=O)CC(O)(C(C)=O)C(=O)OCC. The molecular formula is C11H18O6. The molecular weight excluding hydrogens is 228 g/mol. The summed E-state index contributed by atoms with van der Waals surface area (Å²) in [5, 5.41) is 9.83. The van der Waals surface area contributed by atoms with E-state index in [1.54, 1.807) is 6.92 Å². The molecule has 1 N–H and O–H groups in total. The first-order chi connectivity index (χ1) is 7.88. The van der Waals surface area contributed by atoms with Crippen LogP contribution in [0.25, 0.3) is 0 Å². The molecule has 0 spiro atoms. The number of esters is 2. The molecule has 6 heteroatoms. The number of carbonyl (C=O) groups is 3. The van der Waals surface area contributed by atoms with Crippen molar-refractivity contribution in [2.24, 2.45) is 0 Å². The molecule has 0 rings (SSSR count). The van der Waals surface area contributed by atoms with E-state index in [0.717, 1.165) is 6.92 Å². The van der Waals surface area contributed by atoms with Crippen molar-refractivity contribution < 1.29 is 29.0 Å². The van der Waals surface area contributed by atoms with E-state index in [0.29, 0.717) is 6.42 Å². The largest absolute Gasteiger partial charge is 0.466 e. The number of hydrogen-bond acceptors (Lipinski definition) is 6. The molecule has 0 aromatic heterocycles. The van der Waals surface area contributed by atoms with Gasteiger partial charge in [-0.15, -0.1) is 0 Å². The number of rotatable bonds is 7. The highest BCUT2D eigenvalue weighted by Gasteiger charge is 2.45. The van der Waals surface area contributed by atoms with Crippen molar-refractivity contribution in [1.82, 2.24) is 0 Å². The highest BCUT2D eigenvalue weighted by molar-refractivity contribution is 6.08. The van der Waals surface area contributed by atoms with Gasteiger partial charge in [-0.3, -0.25) is 9.59 Å². The average Bonchev–Trinajstić information content (AvgIpc) is 2.26. The molecule has 0 aromatic carbocycles. The summed E-state index contributed by atoms with van der Waals surface area (Å²) < 4.78 is 9.26. The van der Waals surface area contributed by atoms with Crippen molar-refractivity contribution in [2.45, 2.75) is 39.2 Å². The maximum absolute atomic E-state index is 11.4. The zero-order valence-electron chi connectivity index (χ0n) is 10.3. The van der Waals surface area contributed by atoms with Crippen LogP contribution in [0.2, 0.25) is 0 Å². The van der Waals surface area contributed by atoms with Crippen LogP contribution in [-0.4, -0.2) is 41.6 Å². The lowest BCUT2D eigenvalue weighted by Crippen LogP contribution is -2.48. The van der Waals surface area contributed by atoms with Gasteiger partial charge in [0.15, 0.2) is 5.78 Å². The third-order valence-corrected chi connectivity index (χ3v) is 2.06. The second-order valence-corrected chi connectivity index (χ2v) is 3.53. The van der Waals surface area contributed by atoms with E-state index < -0.39 is 29.7 Å². The molecule has 1 unspecified atom stereocenters. The molecule has 0 aliphatic carbocycles. The second kappa shape index (κ2) is 7.01. The molecule has 0 radical (unpaired) electrons. The Morgan fingerprint density at radius 1 is 1.18 bits per heavy atom. The maximum Gasteiger partial charge on any atom is 0.346 e. The molecule has 0 saturated heterocycles. The van der Waals surface area contributed by atoms with Crippen LogP contribution in [-0.2, 0) is 23.9 Å². The maximum atomic E-state index is 11.4. The first kappa shape index (κ1) is 15.6. The summed E-state index contributed by atoms with van der Waals surface area (Å²) in [5.74, 6) is -2.78. The summed E-state index contributed by atoms with van der Waals surface area (Å²) in [5.41, 5.74) is -2.44. The number of Topliss-reactive ketones (excluding diaryl/α,β-unsaturated/α-hetero) is 1. The number of ether oxygens (including phenoxy) is 2. The fraction of sp³-hybridized carbons (Fsp3) is 0.727. The molecule has 0 aliphatic heterocycles. The van der Waals surface area contributed by atoms with Crippen molar-refractivity contribution in [3.05, 3.63) is 0 Å². The highest BCUT2D eigenvalue weighted by atomic mass is 16.6. The van der Waals surface area contributed by atoms with E-state index in [9.17, 15) is 19.5 Å². The van der Waals surface area contributed by atoms with Gasteiger partial charge in [0.1, 0.15) is 0 Å². The Bertz CT molecular complexity index is 298. The summed E-state index contributed by atoms with van der Waals surface area (Å²) in [6.07, 6.45) is -0.106. The Kier molecular flexibility index (Phi) is 6.42. The van der Waals surface area contributed by atoms with Crippen LogP contribution in [0.15, 0.2) is 0 Å². The lowest BCUT2D eigenvalue weighted by atomic mass is 9.95. The van der Waals surface area contributed by atoms with Gasteiger partial charge in [0.2, 0.25) is 5.60 Å². The third-order valence-electron chi connectivity index (χ3n) is 2.06. The highest BCUT2D eigenvalue weighted by Crippen LogP contribution is 2.15. The average molecular weight is 246 g/mol. The minimum absolute atomic E-state index is 0.0123. The van der Waals surface area contributed by atoms with Crippen LogP contribution in [0.1, 0.15) is 33.6 Å². The molecule has 0 saturated carbocycles. The number of ketones is 1. The summed E-state index contributed by atoms with van der Waals surface area (Å²) in [7, 11) is 0. The number of hydrogen-bond donors (Lipinski definition) is 1. The lowest BCUT2D eigenvalue weighted by molar-refractivity contribution is -0.175. The minimum Gasteiger partial charge on any atom is -0.466 e. The normalized spacial score (nSPS) is 13.6. The second-order valence-electron chi connectivity index (χ2n) is 3.53. The van der Waals surface area contributed by atoms with E-state index in [2.05, 4.69) is 4.74 Å². The molecule has 0 amide bonds. The molecule has 0 heterocycles. The number of aliphatic hydroxyl groups is 1. The van der Waals surface area contributed by atoms with Crippen LogP contribution in [0.4, 0.5) is 0 Å². The first-order valence-corrected chi connectivity index (χ1v) is 5.44. The van der Waals surface area contributed by atoms with Crippen molar-refractivity contribution in [2.75, 3.05) is 13.2 Å². The Balaban J connectivity index is 4.67. The van der Waals surface area contributed by atoms with Crippen LogP contribution in [0, 0.1) is 0 Å². The number of carbonyl (C=O) groups excluding carboxylic acids is 3. The molecule has 0 aromatic rings. The van der Waals surface area contributed by atoms with Gasteiger partial charge in [-0.1, -0.05) is 6.92 Å². The third kappa shape index (κ3) is 4.52.